The van der Waals surface area contributed by atoms with E-state index in [1.54, 1.807) is 0 Å². The summed E-state index contributed by atoms with van der Waals surface area (Å²) in [6, 6.07) is 0.737. The second-order valence-electron chi connectivity index (χ2n) is 5.75. The summed E-state index contributed by atoms with van der Waals surface area (Å²) < 4.78 is 5.53. The molecule has 0 amide bonds. The van der Waals surface area contributed by atoms with Gasteiger partial charge in [-0.05, 0) is 39.9 Å². The summed E-state index contributed by atoms with van der Waals surface area (Å²) in [5.41, 5.74) is 0. The fourth-order valence-corrected chi connectivity index (χ4v) is 2.55. The Labute approximate surface area is 119 Å². The van der Waals surface area contributed by atoms with Crippen molar-refractivity contribution in [3.05, 3.63) is 0 Å². The number of nitrogens with one attached hydrogen (secondary N) is 1. The first-order valence-electron chi connectivity index (χ1n) is 7.91. The van der Waals surface area contributed by atoms with Gasteiger partial charge in [0.2, 0.25) is 0 Å². The fraction of sp³-hybridized carbons (Fsp3) is 1.00. The summed E-state index contributed by atoms with van der Waals surface area (Å²) in [7, 11) is 4.48. The molecule has 0 aromatic heterocycles. The minimum absolute atomic E-state index is 0.737. The number of hydrogen-bond acceptors (Lipinski definition) is 4. The van der Waals surface area contributed by atoms with Crippen molar-refractivity contribution < 1.29 is 4.74 Å². The smallest absolute Gasteiger partial charge is 0.0590 e. The lowest BCUT2D eigenvalue weighted by Gasteiger charge is -2.35. The molecule has 0 saturated carbocycles. The zero-order chi connectivity index (χ0) is 13.9. The molecular weight excluding hydrogens is 238 g/mol. The Bertz CT molecular complexity index is 214. The van der Waals surface area contributed by atoms with E-state index in [0.29, 0.717) is 0 Å². The zero-order valence-corrected chi connectivity index (χ0v) is 13.2. The lowest BCUT2D eigenvalue weighted by atomic mass is 10.1. The van der Waals surface area contributed by atoms with E-state index in [1.165, 1.54) is 38.8 Å². The van der Waals surface area contributed by atoms with Gasteiger partial charge in [0.1, 0.15) is 0 Å². The Kier molecular flexibility index (Phi) is 9.43. The Morgan fingerprint density at radius 2 is 2.16 bits per heavy atom. The highest BCUT2D eigenvalue weighted by molar-refractivity contribution is 4.77. The Balaban J connectivity index is 1.93. The molecule has 1 aliphatic rings. The van der Waals surface area contributed by atoms with Gasteiger partial charge in [0.15, 0.2) is 0 Å². The van der Waals surface area contributed by atoms with Crippen LogP contribution < -0.4 is 5.32 Å². The molecule has 0 radical (unpaired) electrons. The van der Waals surface area contributed by atoms with Gasteiger partial charge in [-0.25, -0.2) is 0 Å². The molecule has 0 aromatic rings. The summed E-state index contributed by atoms with van der Waals surface area (Å²) in [5, 5.41) is 3.46. The van der Waals surface area contributed by atoms with Gasteiger partial charge in [0, 0.05) is 38.8 Å². The van der Waals surface area contributed by atoms with Crippen LogP contribution in [0.4, 0.5) is 0 Å². The second kappa shape index (κ2) is 10.6. The zero-order valence-electron chi connectivity index (χ0n) is 13.2. The number of piperidine rings is 1. The maximum atomic E-state index is 5.53. The van der Waals surface area contributed by atoms with E-state index in [9.17, 15) is 0 Å². The topological polar surface area (TPSA) is 27.7 Å². The molecule has 19 heavy (non-hydrogen) atoms. The summed E-state index contributed by atoms with van der Waals surface area (Å²) in [5.74, 6) is 0. The molecule has 1 fully saturated rings. The van der Waals surface area contributed by atoms with Crippen molar-refractivity contribution in [3.8, 4) is 0 Å². The van der Waals surface area contributed by atoms with Crippen LogP contribution in [-0.4, -0.2) is 75.9 Å². The van der Waals surface area contributed by atoms with Crippen LogP contribution >= 0.6 is 0 Å². The van der Waals surface area contributed by atoms with Crippen LogP contribution in [0, 0.1) is 0 Å². The number of nitrogens with zero attached hydrogens (tertiary/aromatic N) is 2. The van der Waals surface area contributed by atoms with Gasteiger partial charge in [-0.2, -0.15) is 0 Å². The van der Waals surface area contributed by atoms with Crippen molar-refractivity contribution in [2.24, 2.45) is 0 Å². The minimum Gasteiger partial charge on any atom is -0.380 e. The number of ether oxygens (including phenoxy) is 1. The molecule has 4 nitrogen and oxygen atoms in total. The van der Waals surface area contributed by atoms with Crippen molar-refractivity contribution in [1.82, 2.24) is 15.1 Å². The van der Waals surface area contributed by atoms with Gasteiger partial charge in [0.05, 0.1) is 6.61 Å². The van der Waals surface area contributed by atoms with E-state index < -0.39 is 0 Å². The fourth-order valence-electron chi connectivity index (χ4n) is 2.55. The number of likely N-dealkylation sites (N-methyl/N-ethyl adjacent to an activating group) is 2. The summed E-state index contributed by atoms with van der Waals surface area (Å²) in [4.78, 5) is 4.94. The van der Waals surface area contributed by atoms with Gasteiger partial charge in [-0.15, -0.1) is 0 Å². The SMILES string of the molecule is CCCCOCCNCCN(C)C1CCCN(C)C1. The third kappa shape index (κ3) is 7.88. The Morgan fingerprint density at radius 1 is 1.32 bits per heavy atom. The second-order valence-corrected chi connectivity index (χ2v) is 5.75. The van der Waals surface area contributed by atoms with Gasteiger partial charge in [0.25, 0.3) is 0 Å². The molecular formula is C15H33N3O. The van der Waals surface area contributed by atoms with Crippen molar-refractivity contribution in [2.75, 3.05) is 60.0 Å². The molecule has 0 aliphatic carbocycles. The molecule has 1 unspecified atom stereocenters. The lowest BCUT2D eigenvalue weighted by molar-refractivity contribution is 0.125. The van der Waals surface area contributed by atoms with Gasteiger partial charge >= 0.3 is 0 Å². The van der Waals surface area contributed by atoms with E-state index in [-0.39, 0.29) is 0 Å². The maximum Gasteiger partial charge on any atom is 0.0590 e. The average molecular weight is 271 g/mol. The first-order chi connectivity index (χ1) is 9.24. The molecule has 1 aliphatic heterocycles. The van der Waals surface area contributed by atoms with Crippen LogP contribution in [-0.2, 0) is 4.74 Å². The van der Waals surface area contributed by atoms with Gasteiger partial charge in [-0.3, -0.25) is 0 Å². The van der Waals surface area contributed by atoms with Crippen LogP contribution in [0.2, 0.25) is 0 Å². The Morgan fingerprint density at radius 3 is 2.89 bits per heavy atom. The average Bonchev–Trinajstić information content (AvgIpc) is 2.41. The molecule has 0 bridgehead atoms. The van der Waals surface area contributed by atoms with Crippen molar-refractivity contribution in [1.29, 1.82) is 0 Å². The summed E-state index contributed by atoms with van der Waals surface area (Å²) >= 11 is 0. The van der Waals surface area contributed by atoms with Crippen molar-refractivity contribution >= 4 is 0 Å². The minimum atomic E-state index is 0.737. The first kappa shape index (κ1) is 16.9. The van der Waals surface area contributed by atoms with E-state index >= 15 is 0 Å². The van der Waals surface area contributed by atoms with E-state index in [1.807, 2.05) is 0 Å². The lowest BCUT2D eigenvalue weighted by Crippen LogP contribution is -2.46. The van der Waals surface area contributed by atoms with Crippen molar-refractivity contribution in [3.63, 3.8) is 0 Å². The summed E-state index contributed by atoms with van der Waals surface area (Å²) in [6.45, 7) is 9.60. The molecule has 1 atom stereocenters. The molecule has 1 rings (SSSR count). The van der Waals surface area contributed by atoms with E-state index in [4.69, 9.17) is 4.74 Å². The van der Waals surface area contributed by atoms with Gasteiger partial charge < -0.3 is 19.9 Å². The maximum absolute atomic E-state index is 5.53. The highest BCUT2D eigenvalue weighted by Crippen LogP contribution is 2.12. The highest BCUT2D eigenvalue weighted by Gasteiger charge is 2.20. The Hall–Kier alpha value is -0.160. The van der Waals surface area contributed by atoms with Gasteiger partial charge in [-0.1, -0.05) is 13.3 Å². The van der Waals surface area contributed by atoms with Crippen LogP contribution in [0.1, 0.15) is 32.6 Å². The third-order valence-electron chi connectivity index (χ3n) is 3.93. The van der Waals surface area contributed by atoms with Crippen LogP contribution in [0.5, 0.6) is 0 Å². The third-order valence-corrected chi connectivity index (χ3v) is 3.93. The van der Waals surface area contributed by atoms with Crippen molar-refractivity contribution in [2.45, 2.75) is 38.6 Å². The normalized spacial score (nSPS) is 21.2. The van der Waals surface area contributed by atoms with E-state index in [0.717, 1.165) is 38.9 Å². The highest BCUT2D eigenvalue weighted by atomic mass is 16.5. The molecule has 114 valence electrons. The predicted molar refractivity (Wildman–Crippen MR) is 81.7 cm³/mol. The number of hydrogen-bond donors (Lipinski definition) is 1. The molecule has 1 saturated heterocycles. The van der Waals surface area contributed by atoms with Crippen LogP contribution in [0.3, 0.4) is 0 Å². The monoisotopic (exact) mass is 271 g/mol. The summed E-state index contributed by atoms with van der Waals surface area (Å²) in [6.07, 6.45) is 5.08. The quantitative estimate of drug-likeness (QED) is 0.608. The first-order valence-corrected chi connectivity index (χ1v) is 7.91. The molecule has 1 N–H and O–H groups in total. The van der Waals surface area contributed by atoms with E-state index in [2.05, 4.69) is 36.1 Å². The predicted octanol–water partition coefficient (Wildman–Crippen LogP) is 1.42. The molecule has 0 aromatic carbocycles. The standard InChI is InChI=1S/C15H33N3O/c1-4-5-12-19-13-9-16-8-11-18(3)15-7-6-10-17(2)14-15/h15-16H,4-14H2,1-3H3. The van der Waals surface area contributed by atoms with Crippen LogP contribution in [0.15, 0.2) is 0 Å². The number of likely N-dealkylation sites (tertiary alicyclic amines) is 1. The number of unbranched alkanes of at least 4 members (excludes halogenated alkanes) is 1. The molecule has 1 heterocycles. The van der Waals surface area contributed by atoms with Crippen LogP contribution in [0.25, 0.3) is 0 Å². The largest absolute Gasteiger partial charge is 0.380 e. The molecule has 0 spiro atoms. The number of rotatable bonds is 10. The molecule has 4 heteroatoms.